The van der Waals surface area contributed by atoms with E-state index in [2.05, 4.69) is 47.0 Å². The van der Waals surface area contributed by atoms with Crippen molar-refractivity contribution in [3.63, 3.8) is 0 Å². The highest BCUT2D eigenvalue weighted by atomic mass is 32.1. The lowest BCUT2D eigenvalue weighted by molar-refractivity contribution is -0.116. The van der Waals surface area contributed by atoms with Crippen LogP contribution in [0.25, 0.3) is 10.8 Å². The van der Waals surface area contributed by atoms with Gasteiger partial charge >= 0.3 is 0 Å². The van der Waals surface area contributed by atoms with Crippen LogP contribution in [0, 0.1) is 6.92 Å². The summed E-state index contributed by atoms with van der Waals surface area (Å²) in [5.41, 5.74) is 3.53. The molecule has 0 saturated carbocycles. The number of carbonyl (C=O) groups is 2. The molecule has 31 heavy (non-hydrogen) atoms. The Morgan fingerprint density at radius 3 is 2.32 bits per heavy atom. The molecule has 0 aliphatic carbocycles. The van der Waals surface area contributed by atoms with Gasteiger partial charge < -0.3 is 10.6 Å². The highest BCUT2D eigenvalue weighted by Crippen LogP contribution is 2.26. The van der Waals surface area contributed by atoms with Crippen LogP contribution in [0.2, 0.25) is 0 Å². The second kappa shape index (κ2) is 9.10. The maximum atomic E-state index is 12.5. The summed E-state index contributed by atoms with van der Waals surface area (Å²) >= 11 is 1.59. The van der Waals surface area contributed by atoms with Gasteiger partial charge in [0.1, 0.15) is 0 Å². The fourth-order valence-electron chi connectivity index (χ4n) is 3.53. The van der Waals surface area contributed by atoms with Crippen LogP contribution in [0.5, 0.6) is 0 Å². The molecule has 0 fully saturated rings. The van der Waals surface area contributed by atoms with E-state index >= 15 is 0 Å². The monoisotopic (exact) mass is 429 g/mol. The summed E-state index contributed by atoms with van der Waals surface area (Å²) in [4.78, 5) is 29.3. The van der Waals surface area contributed by atoms with Crippen LogP contribution >= 0.6 is 11.3 Å². The Morgan fingerprint density at radius 1 is 0.903 bits per heavy atom. The molecule has 2 N–H and O–H groups in total. The molecular formula is C25H23N3O2S. The van der Waals surface area contributed by atoms with Crippen LogP contribution < -0.4 is 10.6 Å². The predicted molar refractivity (Wildman–Crippen MR) is 127 cm³/mol. The molecule has 0 aliphatic heterocycles. The van der Waals surface area contributed by atoms with Crippen molar-refractivity contribution in [1.29, 1.82) is 0 Å². The second-order valence-corrected chi connectivity index (χ2v) is 8.58. The van der Waals surface area contributed by atoms with E-state index in [9.17, 15) is 9.59 Å². The molecule has 6 heteroatoms. The number of rotatable bonds is 6. The van der Waals surface area contributed by atoms with E-state index < -0.39 is 0 Å². The van der Waals surface area contributed by atoms with E-state index in [4.69, 9.17) is 4.98 Å². The van der Waals surface area contributed by atoms with E-state index in [-0.39, 0.29) is 18.2 Å². The number of benzene rings is 3. The SMILES string of the molecule is CC(=O)Nc1ccc(NC(=O)Cc2sc(Cc3cccc4ccccc34)nc2C)cc1. The van der Waals surface area contributed by atoms with Crippen LogP contribution in [0.1, 0.15) is 28.1 Å². The third-order valence-electron chi connectivity index (χ3n) is 4.97. The highest BCUT2D eigenvalue weighted by Gasteiger charge is 2.13. The summed E-state index contributed by atoms with van der Waals surface area (Å²) in [6.45, 7) is 3.41. The average molecular weight is 430 g/mol. The first kappa shape index (κ1) is 20.8. The van der Waals surface area contributed by atoms with Crippen LogP contribution in [0.4, 0.5) is 11.4 Å². The Balaban J connectivity index is 1.43. The van der Waals surface area contributed by atoms with Crippen LogP contribution in [-0.2, 0) is 22.4 Å². The lowest BCUT2D eigenvalue weighted by atomic mass is 10.0. The predicted octanol–water partition coefficient (Wildman–Crippen LogP) is 5.34. The summed E-state index contributed by atoms with van der Waals surface area (Å²) in [7, 11) is 0. The van der Waals surface area contributed by atoms with Crippen molar-refractivity contribution < 1.29 is 9.59 Å². The summed E-state index contributed by atoms with van der Waals surface area (Å²) < 4.78 is 0. The zero-order valence-electron chi connectivity index (χ0n) is 17.4. The zero-order chi connectivity index (χ0) is 21.8. The number of anilines is 2. The quantitative estimate of drug-likeness (QED) is 0.435. The molecule has 0 spiro atoms. The molecule has 5 nitrogen and oxygen atoms in total. The van der Waals surface area contributed by atoms with E-state index in [0.29, 0.717) is 11.4 Å². The van der Waals surface area contributed by atoms with Gasteiger partial charge in [0.2, 0.25) is 11.8 Å². The van der Waals surface area contributed by atoms with Gasteiger partial charge in [0.05, 0.1) is 17.1 Å². The highest BCUT2D eigenvalue weighted by molar-refractivity contribution is 7.11. The molecule has 0 saturated heterocycles. The molecule has 0 bridgehead atoms. The van der Waals surface area contributed by atoms with Crippen molar-refractivity contribution in [3.8, 4) is 0 Å². The molecule has 156 valence electrons. The minimum Gasteiger partial charge on any atom is -0.326 e. The Hall–Kier alpha value is -3.51. The fourth-order valence-corrected chi connectivity index (χ4v) is 4.62. The number of aromatic nitrogens is 1. The Labute approximate surface area is 185 Å². The van der Waals surface area contributed by atoms with Crippen LogP contribution in [-0.4, -0.2) is 16.8 Å². The molecule has 4 aromatic rings. The molecule has 2 amide bonds. The molecule has 0 unspecified atom stereocenters. The third kappa shape index (κ3) is 5.16. The fraction of sp³-hybridized carbons (Fsp3) is 0.160. The van der Waals surface area contributed by atoms with Gasteiger partial charge in [0, 0.05) is 29.6 Å². The first-order valence-corrected chi connectivity index (χ1v) is 10.9. The normalized spacial score (nSPS) is 10.8. The van der Waals surface area contributed by atoms with E-state index in [1.165, 1.54) is 23.3 Å². The van der Waals surface area contributed by atoms with Crippen molar-refractivity contribution in [2.75, 3.05) is 10.6 Å². The van der Waals surface area contributed by atoms with Gasteiger partial charge in [-0.15, -0.1) is 11.3 Å². The summed E-state index contributed by atoms with van der Waals surface area (Å²) in [6.07, 6.45) is 1.03. The maximum absolute atomic E-state index is 12.5. The average Bonchev–Trinajstić information content (AvgIpc) is 3.08. The van der Waals surface area contributed by atoms with Gasteiger partial charge in [-0.25, -0.2) is 4.98 Å². The molecule has 1 aromatic heterocycles. The summed E-state index contributed by atoms with van der Waals surface area (Å²) in [6, 6.07) is 21.7. The topological polar surface area (TPSA) is 71.1 Å². The molecular weight excluding hydrogens is 406 g/mol. The third-order valence-corrected chi connectivity index (χ3v) is 6.13. The van der Waals surface area contributed by atoms with Crippen molar-refractivity contribution in [3.05, 3.63) is 87.9 Å². The zero-order valence-corrected chi connectivity index (χ0v) is 18.3. The van der Waals surface area contributed by atoms with Gasteiger partial charge in [-0.2, -0.15) is 0 Å². The van der Waals surface area contributed by atoms with Crippen molar-refractivity contribution >= 4 is 45.3 Å². The van der Waals surface area contributed by atoms with Gasteiger partial charge in [-0.3, -0.25) is 9.59 Å². The second-order valence-electron chi connectivity index (χ2n) is 7.41. The number of carbonyl (C=O) groups excluding carboxylic acids is 2. The van der Waals surface area contributed by atoms with Crippen LogP contribution in [0.15, 0.2) is 66.7 Å². The number of fused-ring (bicyclic) bond motifs is 1. The maximum Gasteiger partial charge on any atom is 0.229 e. The first-order valence-electron chi connectivity index (χ1n) is 10.1. The number of nitrogens with one attached hydrogen (secondary N) is 2. The van der Waals surface area contributed by atoms with E-state index in [1.54, 1.807) is 35.6 Å². The lowest BCUT2D eigenvalue weighted by Gasteiger charge is -2.06. The Bertz CT molecular complexity index is 1240. The lowest BCUT2D eigenvalue weighted by Crippen LogP contribution is -2.14. The summed E-state index contributed by atoms with van der Waals surface area (Å²) in [5, 5.41) is 9.08. The largest absolute Gasteiger partial charge is 0.326 e. The number of amides is 2. The minimum atomic E-state index is -0.128. The van der Waals surface area contributed by atoms with Crippen molar-refractivity contribution in [2.24, 2.45) is 0 Å². The number of hydrogen-bond acceptors (Lipinski definition) is 4. The minimum absolute atomic E-state index is 0.0873. The number of thiazole rings is 1. The van der Waals surface area contributed by atoms with Gasteiger partial charge in [-0.1, -0.05) is 42.5 Å². The number of nitrogens with zero attached hydrogens (tertiary/aromatic N) is 1. The first-order chi connectivity index (χ1) is 15.0. The Morgan fingerprint density at radius 2 is 1.58 bits per heavy atom. The number of hydrogen-bond donors (Lipinski definition) is 2. The van der Waals surface area contributed by atoms with Crippen molar-refractivity contribution in [1.82, 2.24) is 4.98 Å². The number of aryl methyl sites for hydroxylation is 1. The van der Waals surface area contributed by atoms with Gasteiger partial charge in [0.15, 0.2) is 0 Å². The molecule has 4 rings (SSSR count). The molecule has 3 aromatic carbocycles. The molecule has 0 aliphatic rings. The Kier molecular flexibility index (Phi) is 6.09. The smallest absolute Gasteiger partial charge is 0.229 e. The summed E-state index contributed by atoms with van der Waals surface area (Å²) in [5.74, 6) is -0.215. The molecule has 1 heterocycles. The van der Waals surface area contributed by atoms with Crippen LogP contribution in [0.3, 0.4) is 0 Å². The van der Waals surface area contributed by atoms with Gasteiger partial charge in [0.25, 0.3) is 0 Å². The van der Waals surface area contributed by atoms with Gasteiger partial charge in [-0.05, 0) is 47.5 Å². The standard InChI is InChI=1S/C25H23N3O2S/c1-16-23(15-24(30)28-21-12-10-20(11-13-21)27-17(2)29)31-25(26-16)14-19-8-5-7-18-6-3-4-9-22(18)19/h3-13H,14-15H2,1-2H3,(H,27,29)(H,28,30). The van der Waals surface area contributed by atoms with E-state index in [1.807, 2.05) is 13.0 Å². The molecule has 0 radical (unpaired) electrons. The van der Waals surface area contributed by atoms with E-state index in [0.717, 1.165) is 22.0 Å². The van der Waals surface area contributed by atoms with Crippen molar-refractivity contribution in [2.45, 2.75) is 26.7 Å². The molecule has 0 atom stereocenters.